The number of rotatable bonds is 3. The molecule has 0 radical (unpaired) electrons. The number of sulfonamides is 1. The van der Waals surface area contributed by atoms with Crippen molar-refractivity contribution in [2.24, 2.45) is 5.14 Å². The van der Waals surface area contributed by atoms with Crippen molar-refractivity contribution < 1.29 is 13.2 Å². The van der Waals surface area contributed by atoms with Crippen molar-refractivity contribution in [2.45, 2.75) is 11.8 Å². The Labute approximate surface area is 116 Å². The highest BCUT2D eigenvalue weighted by atomic mass is 35.5. The average Bonchev–Trinajstić information content (AvgIpc) is 2.28. The van der Waals surface area contributed by atoms with Gasteiger partial charge in [0.1, 0.15) is 4.90 Å². The zero-order valence-electron chi connectivity index (χ0n) is 9.78. The van der Waals surface area contributed by atoms with Gasteiger partial charge in [-0.15, -0.1) is 0 Å². The molecule has 0 aliphatic heterocycles. The molecule has 0 aliphatic carbocycles. The molecular weight excluding hydrogens is 299 g/mol. The molecule has 1 amide bonds. The lowest BCUT2D eigenvalue weighted by molar-refractivity contribution is 0.0802. The van der Waals surface area contributed by atoms with Crippen molar-refractivity contribution in [1.29, 1.82) is 0 Å². The molecule has 1 rings (SSSR count). The van der Waals surface area contributed by atoms with Crippen LogP contribution in [0.2, 0.25) is 10.0 Å². The molecule has 5 nitrogen and oxygen atoms in total. The van der Waals surface area contributed by atoms with E-state index in [1.54, 1.807) is 14.0 Å². The van der Waals surface area contributed by atoms with Crippen LogP contribution in [0.3, 0.4) is 0 Å². The van der Waals surface area contributed by atoms with Crippen LogP contribution in [-0.4, -0.2) is 32.8 Å². The topological polar surface area (TPSA) is 80.5 Å². The van der Waals surface area contributed by atoms with Gasteiger partial charge in [-0.2, -0.15) is 0 Å². The smallest absolute Gasteiger partial charge is 0.253 e. The van der Waals surface area contributed by atoms with Crippen LogP contribution in [0.1, 0.15) is 17.3 Å². The predicted octanol–water partition coefficient (Wildman–Crippen LogP) is 1.73. The summed E-state index contributed by atoms with van der Waals surface area (Å²) in [6, 6.07) is 2.44. The average molecular weight is 311 g/mol. The van der Waals surface area contributed by atoms with Crippen molar-refractivity contribution in [1.82, 2.24) is 4.90 Å². The number of hydrogen-bond acceptors (Lipinski definition) is 3. The first-order chi connectivity index (χ1) is 8.18. The molecule has 0 bridgehead atoms. The fourth-order valence-electron chi connectivity index (χ4n) is 1.26. The standard InChI is InChI=1S/C10H12Cl2N2O3S/c1-3-14(2)10(15)6-4-7(11)9(12)8(5-6)18(13,16)17/h4-5H,3H2,1-2H3,(H2,13,16,17). The van der Waals surface area contributed by atoms with Crippen molar-refractivity contribution >= 4 is 39.1 Å². The third-order valence-corrected chi connectivity index (χ3v) is 4.22. The fourth-order valence-corrected chi connectivity index (χ4v) is 2.62. The number of nitrogens with two attached hydrogens (primary N) is 1. The second-order valence-corrected chi connectivity index (χ2v) is 5.95. The van der Waals surface area contributed by atoms with Gasteiger partial charge in [-0.1, -0.05) is 23.2 Å². The molecular formula is C10H12Cl2N2O3S. The van der Waals surface area contributed by atoms with Crippen molar-refractivity contribution in [3.05, 3.63) is 27.7 Å². The lowest BCUT2D eigenvalue weighted by Crippen LogP contribution is -2.26. The van der Waals surface area contributed by atoms with Gasteiger partial charge in [0, 0.05) is 19.2 Å². The molecule has 0 unspecified atom stereocenters. The molecule has 1 aromatic carbocycles. The van der Waals surface area contributed by atoms with Crippen molar-refractivity contribution in [3.63, 3.8) is 0 Å². The lowest BCUT2D eigenvalue weighted by atomic mass is 10.2. The minimum Gasteiger partial charge on any atom is -0.342 e. The Hall–Kier alpha value is -0.820. The highest BCUT2D eigenvalue weighted by Crippen LogP contribution is 2.30. The Kier molecular flexibility index (Phi) is 4.61. The first kappa shape index (κ1) is 15.2. The number of primary sulfonamides is 1. The van der Waals surface area contributed by atoms with Crippen molar-refractivity contribution in [3.8, 4) is 0 Å². The molecule has 0 aliphatic rings. The first-order valence-corrected chi connectivity index (χ1v) is 7.26. The van der Waals surface area contributed by atoms with Crippen LogP contribution >= 0.6 is 23.2 Å². The summed E-state index contributed by atoms with van der Waals surface area (Å²) in [6.07, 6.45) is 0. The van der Waals surface area contributed by atoms with Crippen LogP contribution in [0.5, 0.6) is 0 Å². The molecule has 100 valence electrons. The molecule has 0 fully saturated rings. The fraction of sp³-hybridized carbons (Fsp3) is 0.300. The van der Waals surface area contributed by atoms with Gasteiger partial charge in [0.15, 0.2) is 0 Å². The highest BCUT2D eigenvalue weighted by molar-refractivity contribution is 7.89. The Morgan fingerprint density at radius 1 is 1.39 bits per heavy atom. The highest BCUT2D eigenvalue weighted by Gasteiger charge is 2.20. The van der Waals surface area contributed by atoms with Gasteiger partial charge in [0.05, 0.1) is 10.0 Å². The monoisotopic (exact) mass is 310 g/mol. The summed E-state index contributed by atoms with van der Waals surface area (Å²) in [6.45, 7) is 2.26. The van der Waals surface area contributed by atoms with E-state index in [9.17, 15) is 13.2 Å². The SMILES string of the molecule is CCN(C)C(=O)c1cc(Cl)c(Cl)c(S(N)(=O)=O)c1. The van der Waals surface area contributed by atoms with E-state index in [-0.39, 0.29) is 26.4 Å². The van der Waals surface area contributed by atoms with Gasteiger partial charge in [-0.25, -0.2) is 13.6 Å². The largest absolute Gasteiger partial charge is 0.342 e. The maximum atomic E-state index is 11.9. The summed E-state index contributed by atoms with van der Waals surface area (Å²) < 4.78 is 22.7. The summed E-state index contributed by atoms with van der Waals surface area (Å²) in [4.78, 5) is 13.0. The summed E-state index contributed by atoms with van der Waals surface area (Å²) in [7, 11) is -2.45. The van der Waals surface area contributed by atoms with E-state index in [0.717, 1.165) is 6.07 Å². The second-order valence-electron chi connectivity index (χ2n) is 3.63. The number of hydrogen-bond donors (Lipinski definition) is 1. The quantitative estimate of drug-likeness (QED) is 0.923. The van der Waals surface area contributed by atoms with E-state index in [4.69, 9.17) is 28.3 Å². The van der Waals surface area contributed by atoms with Crippen LogP contribution in [0.25, 0.3) is 0 Å². The molecule has 0 saturated heterocycles. The van der Waals surface area contributed by atoms with Crippen LogP contribution in [0.4, 0.5) is 0 Å². The van der Waals surface area contributed by atoms with E-state index in [1.165, 1.54) is 11.0 Å². The third-order valence-electron chi connectivity index (χ3n) is 2.37. The van der Waals surface area contributed by atoms with Crippen molar-refractivity contribution in [2.75, 3.05) is 13.6 Å². The summed E-state index contributed by atoms with van der Waals surface area (Å²) in [5.41, 5.74) is 0.123. The van der Waals surface area contributed by atoms with Gasteiger partial charge in [0.2, 0.25) is 10.0 Å². The van der Waals surface area contributed by atoms with Gasteiger partial charge in [-0.3, -0.25) is 4.79 Å². The predicted molar refractivity (Wildman–Crippen MR) is 70.5 cm³/mol. The summed E-state index contributed by atoms with van der Waals surface area (Å²) in [5.74, 6) is -0.360. The molecule has 0 aromatic heterocycles. The second kappa shape index (κ2) is 5.44. The molecule has 2 N–H and O–H groups in total. The van der Waals surface area contributed by atoms with E-state index in [0.29, 0.717) is 6.54 Å². The van der Waals surface area contributed by atoms with Gasteiger partial charge < -0.3 is 4.90 Å². The number of amides is 1. The number of halogens is 2. The van der Waals surface area contributed by atoms with E-state index in [2.05, 4.69) is 0 Å². The number of carbonyl (C=O) groups excluding carboxylic acids is 1. The third kappa shape index (κ3) is 3.14. The molecule has 0 spiro atoms. The van der Waals surface area contributed by atoms with E-state index >= 15 is 0 Å². The van der Waals surface area contributed by atoms with Crippen LogP contribution in [-0.2, 0) is 10.0 Å². The molecule has 0 saturated carbocycles. The van der Waals surface area contributed by atoms with Gasteiger partial charge >= 0.3 is 0 Å². The van der Waals surface area contributed by atoms with E-state index < -0.39 is 10.0 Å². The van der Waals surface area contributed by atoms with Gasteiger partial charge in [-0.05, 0) is 19.1 Å². The minimum absolute atomic E-state index is 0.0314. The Balaban J connectivity index is 3.43. The molecule has 18 heavy (non-hydrogen) atoms. The van der Waals surface area contributed by atoms with Crippen LogP contribution in [0.15, 0.2) is 17.0 Å². The Morgan fingerprint density at radius 2 is 1.94 bits per heavy atom. The lowest BCUT2D eigenvalue weighted by Gasteiger charge is -2.15. The van der Waals surface area contributed by atoms with Gasteiger partial charge in [0.25, 0.3) is 5.91 Å². The summed E-state index contributed by atoms with van der Waals surface area (Å²) in [5, 5.41) is 4.79. The zero-order chi connectivity index (χ0) is 14.1. The molecule has 0 heterocycles. The first-order valence-electron chi connectivity index (χ1n) is 4.95. The number of benzene rings is 1. The van der Waals surface area contributed by atoms with Crippen LogP contribution < -0.4 is 5.14 Å². The molecule has 1 aromatic rings. The molecule has 0 atom stereocenters. The molecule has 8 heteroatoms. The minimum atomic E-state index is -4.03. The summed E-state index contributed by atoms with van der Waals surface area (Å²) >= 11 is 11.5. The zero-order valence-corrected chi connectivity index (χ0v) is 12.1. The normalized spacial score (nSPS) is 11.4. The maximum absolute atomic E-state index is 11.9. The maximum Gasteiger partial charge on any atom is 0.253 e. The Bertz CT molecular complexity index is 587. The van der Waals surface area contributed by atoms with E-state index in [1.807, 2.05) is 0 Å². The van der Waals surface area contributed by atoms with Crippen LogP contribution in [0, 0.1) is 0 Å². The Morgan fingerprint density at radius 3 is 2.39 bits per heavy atom. The number of carbonyl (C=O) groups is 1. The number of nitrogens with zero attached hydrogens (tertiary/aromatic N) is 1.